The summed E-state index contributed by atoms with van der Waals surface area (Å²) < 4.78 is 4.53. The quantitative estimate of drug-likeness (QED) is 0.648. The fraction of sp³-hybridized carbons (Fsp3) is 0.556. The number of nitrogens with zero attached hydrogens (tertiary/aromatic N) is 1. The van der Waals surface area contributed by atoms with Crippen LogP contribution >= 0.6 is 11.8 Å². The van der Waals surface area contributed by atoms with E-state index < -0.39 is 0 Å². The Balaban J connectivity index is 2.21. The van der Waals surface area contributed by atoms with Gasteiger partial charge in [-0.2, -0.15) is 5.26 Å². The van der Waals surface area contributed by atoms with Gasteiger partial charge in [0, 0.05) is 11.7 Å². The Hall–Kier alpha value is -0.950. The van der Waals surface area contributed by atoms with Gasteiger partial charge in [0.2, 0.25) is 0 Å². The minimum Gasteiger partial charge on any atom is -0.469 e. The summed E-state index contributed by atoms with van der Waals surface area (Å²) in [6, 6.07) is 2.10. The Labute approximate surface area is 81.8 Å². The molecule has 0 amide bonds. The van der Waals surface area contributed by atoms with E-state index in [1.807, 2.05) is 6.08 Å². The molecule has 1 unspecified atom stereocenters. The molecule has 13 heavy (non-hydrogen) atoms. The van der Waals surface area contributed by atoms with Crippen LogP contribution < -0.4 is 0 Å². The third kappa shape index (κ3) is 3.11. The first kappa shape index (κ1) is 10.1. The highest BCUT2D eigenvalue weighted by molar-refractivity contribution is 8.04. The summed E-state index contributed by atoms with van der Waals surface area (Å²) in [6.07, 6.45) is 4.05. The van der Waals surface area contributed by atoms with Crippen LogP contribution in [0.25, 0.3) is 0 Å². The first-order valence-electron chi connectivity index (χ1n) is 4.10. The zero-order valence-electron chi connectivity index (χ0n) is 7.45. The van der Waals surface area contributed by atoms with E-state index in [2.05, 4.69) is 10.8 Å². The first-order chi connectivity index (χ1) is 6.26. The SMILES string of the molecule is COC(=O)CCC1CC=C(C#N)S1. The molecule has 0 aromatic rings. The Morgan fingerprint density at radius 2 is 2.69 bits per heavy atom. The smallest absolute Gasteiger partial charge is 0.305 e. The molecule has 1 atom stereocenters. The fourth-order valence-electron chi connectivity index (χ4n) is 1.14. The summed E-state index contributed by atoms with van der Waals surface area (Å²) >= 11 is 1.56. The number of thioether (sulfide) groups is 1. The van der Waals surface area contributed by atoms with Crippen molar-refractivity contribution in [3.8, 4) is 6.07 Å². The molecule has 0 fully saturated rings. The van der Waals surface area contributed by atoms with Crippen molar-refractivity contribution in [2.45, 2.75) is 24.5 Å². The van der Waals surface area contributed by atoms with Crippen molar-refractivity contribution in [2.75, 3.05) is 7.11 Å². The molecule has 0 N–H and O–H groups in total. The molecule has 0 radical (unpaired) electrons. The van der Waals surface area contributed by atoms with Crippen LogP contribution in [0.3, 0.4) is 0 Å². The Morgan fingerprint density at radius 3 is 3.23 bits per heavy atom. The summed E-state index contributed by atoms with van der Waals surface area (Å²) in [5, 5.41) is 8.96. The molecule has 0 saturated heterocycles. The fourth-order valence-corrected chi connectivity index (χ4v) is 2.18. The van der Waals surface area contributed by atoms with E-state index in [0.717, 1.165) is 17.7 Å². The van der Waals surface area contributed by atoms with Crippen molar-refractivity contribution in [3.63, 3.8) is 0 Å². The third-order valence-electron chi connectivity index (χ3n) is 1.87. The largest absolute Gasteiger partial charge is 0.469 e. The summed E-state index contributed by atoms with van der Waals surface area (Å²) in [4.78, 5) is 11.6. The average molecular weight is 197 g/mol. The van der Waals surface area contributed by atoms with E-state index in [9.17, 15) is 4.79 Å². The van der Waals surface area contributed by atoms with Gasteiger partial charge < -0.3 is 4.74 Å². The van der Waals surface area contributed by atoms with Gasteiger partial charge in [0.15, 0.2) is 0 Å². The molecule has 4 heteroatoms. The molecule has 70 valence electrons. The Bertz CT molecular complexity index is 267. The number of carbonyl (C=O) groups is 1. The summed E-state index contributed by atoms with van der Waals surface area (Å²) in [5.74, 6) is -0.175. The van der Waals surface area contributed by atoms with E-state index in [4.69, 9.17) is 5.26 Å². The predicted octanol–water partition coefficient (Wildman–Crippen LogP) is 1.85. The van der Waals surface area contributed by atoms with Crippen molar-refractivity contribution in [1.29, 1.82) is 5.26 Å². The van der Waals surface area contributed by atoms with Gasteiger partial charge in [0.1, 0.15) is 6.07 Å². The summed E-state index contributed by atoms with van der Waals surface area (Å²) in [5.41, 5.74) is 0. The number of ether oxygens (including phenoxy) is 1. The highest BCUT2D eigenvalue weighted by Gasteiger charge is 2.18. The monoisotopic (exact) mass is 197 g/mol. The number of nitriles is 1. The average Bonchev–Trinajstić information content (AvgIpc) is 2.61. The second kappa shape index (κ2) is 4.93. The van der Waals surface area contributed by atoms with Gasteiger partial charge in [0.25, 0.3) is 0 Å². The summed E-state index contributed by atoms with van der Waals surface area (Å²) in [7, 11) is 1.39. The van der Waals surface area contributed by atoms with Crippen molar-refractivity contribution in [2.24, 2.45) is 0 Å². The molecule has 1 heterocycles. The number of rotatable bonds is 3. The second-order valence-corrected chi connectivity index (χ2v) is 4.11. The van der Waals surface area contributed by atoms with Crippen molar-refractivity contribution in [1.82, 2.24) is 0 Å². The lowest BCUT2D eigenvalue weighted by Gasteiger charge is -2.06. The van der Waals surface area contributed by atoms with Crippen LogP contribution in [-0.4, -0.2) is 18.3 Å². The van der Waals surface area contributed by atoms with Crippen LogP contribution in [0.2, 0.25) is 0 Å². The Morgan fingerprint density at radius 1 is 1.92 bits per heavy atom. The molecule has 1 aliphatic heterocycles. The number of hydrogen-bond donors (Lipinski definition) is 0. The molecule has 0 bridgehead atoms. The minimum atomic E-state index is -0.175. The first-order valence-corrected chi connectivity index (χ1v) is 4.98. The maximum Gasteiger partial charge on any atom is 0.305 e. The van der Waals surface area contributed by atoms with E-state index in [1.165, 1.54) is 7.11 Å². The zero-order chi connectivity index (χ0) is 9.68. The van der Waals surface area contributed by atoms with Crippen LogP contribution in [-0.2, 0) is 9.53 Å². The highest BCUT2D eigenvalue weighted by Crippen LogP contribution is 2.34. The number of esters is 1. The highest BCUT2D eigenvalue weighted by atomic mass is 32.2. The van der Waals surface area contributed by atoms with E-state index in [-0.39, 0.29) is 5.97 Å². The van der Waals surface area contributed by atoms with Gasteiger partial charge >= 0.3 is 5.97 Å². The van der Waals surface area contributed by atoms with Gasteiger partial charge in [-0.1, -0.05) is 6.08 Å². The van der Waals surface area contributed by atoms with E-state index in [0.29, 0.717) is 11.7 Å². The molecule has 0 aliphatic carbocycles. The predicted molar refractivity (Wildman–Crippen MR) is 50.9 cm³/mol. The maximum absolute atomic E-state index is 10.8. The lowest BCUT2D eigenvalue weighted by atomic mass is 10.2. The van der Waals surface area contributed by atoms with E-state index in [1.54, 1.807) is 11.8 Å². The normalized spacial score (nSPS) is 20.6. The van der Waals surface area contributed by atoms with E-state index >= 15 is 0 Å². The number of allylic oxidation sites excluding steroid dienone is 2. The standard InChI is InChI=1S/C9H11NO2S/c1-12-9(11)5-4-7-2-3-8(6-10)13-7/h3,7H,2,4-5H2,1H3. The zero-order valence-corrected chi connectivity index (χ0v) is 8.26. The van der Waals surface area contributed by atoms with Crippen LogP contribution in [0, 0.1) is 11.3 Å². The third-order valence-corrected chi connectivity index (χ3v) is 3.14. The molecule has 0 saturated carbocycles. The molecule has 3 nitrogen and oxygen atoms in total. The molecular weight excluding hydrogens is 186 g/mol. The minimum absolute atomic E-state index is 0.175. The lowest BCUT2D eigenvalue weighted by Crippen LogP contribution is -2.05. The molecular formula is C9H11NO2S. The van der Waals surface area contributed by atoms with Gasteiger partial charge in [0.05, 0.1) is 12.0 Å². The number of methoxy groups -OCH3 is 1. The van der Waals surface area contributed by atoms with Crippen molar-refractivity contribution in [3.05, 3.63) is 11.0 Å². The number of carbonyl (C=O) groups excluding carboxylic acids is 1. The molecule has 0 aromatic heterocycles. The lowest BCUT2D eigenvalue weighted by molar-refractivity contribution is -0.140. The molecule has 1 rings (SSSR count). The van der Waals surface area contributed by atoms with Crippen LogP contribution in [0.5, 0.6) is 0 Å². The van der Waals surface area contributed by atoms with Gasteiger partial charge in [-0.05, 0) is 12.8 Å². The topological polar surface area (TPSA) is 50.1 Å². The second-order valence-electron chi connectivity index (χ2n) is 2.77. The maximum atomic E-state index is 10.8. The van der Waals surface area contributed by atoms with Gasteiger partial charge in [-0.25, -0.2) is 0 Å². The van der Waals surface area contributed by atoms with Crippen molar-refractivity contribution >= 4 is 17.7 Å². The van der Waals surface area contributed by atoms with Gasteiger partial charge in [-0.3, -0.25) is 4.79 Å². The van der Waals surface area contributed by atoms with Gasteiger partial charge in [-0.15, -0.1) is 11.8 Å². The van der Waals surface area contributed by atoms with Crippen LogP contribution in [0.4, 0.5) is 0 Å². The number of hydrogen-bond acceptors (Lipinski definition) is 4. The van der Waals surface area contributed by atoms with Crippen LogP contribution in [0.15, 0.2) is 11.0 Å². The molecule has 0 aromatic carbocycles. The molecule has 0 spiro atoms. The Kier molecular flexibility index (Phi) is 3.84. The van der Waals surface area contributed by atoms with Crippen molar-refractivity contribution < 1.29 is 9.53 Å². The van der Waals surface area contributed by atoms with Crippen LogP contribution in [0.1, 0.15) is 19.3 Å². The summed E-state index contributed by atoms with van der Waals surface area (Å²) in [6.45, 7) is 0. The molecule has 1 aliphatic rings.